The topological polar surface area (TPSA) is 30.3 Å². The van der Waals surface area contributed by atoms with E-state index in [4.69, 9.17) is 4.74 Å². The molecule has 0 atom stereocenters. The van der Waals surface area contributed by atoms with Crippen molar-refractivity contribution < 1.29 is 4.74 Å². The Hall–Kier alpha value is -0.870. The summed E-state index contributed by atoms with van der Waals surface area (Å²) in [5.41, 5.74) is 1.36. The molecule has 2 rings (SSSR count). The zero-order valence-corrected chi connectivity index (χ0v) is 13.9. The lowest BCUT2D eigenvalue weighted by molar-refractivity contribution is 0.117. The van der Waals surface area contributed by atoms with Gasteiger partial charge in [-0.2, -0.15) is 5.10 Å². The lowest BCUT2D eigenvalue weighted by atomic mass is 9.86. The number of nitrogens with zero attached hydrogens (tertiary/aromatic N) is 3. The summed E-state index contributed by atoms with van der Waals surface area (Å²) in [6, 6.07) is 2.77. The third kappa shape index (κ3) is 4.82. The van der Waals surface area contributed by atoms with Crippen LogP contribution in [0.25, 0.3) is 0 Å². The standard InChI is InChI=1S/C17H31N3O/c1-4-5-12-19(2)13-17-10-11-18-20(17)16-8-6-15(7-9-16)14-21-3/h10-11,15-16H,4-9,12-14H2,1-3H3. The number of rotatable bonds is 8. The van der Waals surface area contributed by atoms with Crippen LogP contribution < -0.4 is 0 Å². The van der Waals surface area contributed by atoms with Gasteiger partial charge in [-0.15, -0.1) is 0 Å². The van der Waals surface area contributed by atoms with Crippen LogP contribution in [0.5, 0.6) is 0 Å². The molecule has 0 aliphatic heterocycles. The second-order valence-corrected chi connectivity index (χ2v) is 6.49. The predicted molar refractivity (Wildman–Crippen MR) is 86.3 cm³/mol. The van der Waals surface area contributed by atoms with Crippen LogP contribution in [0.1, 0.15) is 57.2 Å². The minimum absolute atomic E-state index is 0.586. The quantitative estimate of drug-likeness (QED) is 0.735. The van der Waals surface area contributed by atoms with Crippen LogP contribution in [-0.4, -0.2) is 42.0 Å². The molecular formula is C17H31N3O. The summed E-state index contributed by atoms with van der Waals surface area (Å²) in [7, 11) is 4.02. The number of aromatic nitrogens is 2. The average molecular weight is 293 g/mol. The van der Waals surface area contributed by atoms with Crippen LogP contribution >= 0.6 is 0 Å². The molecule has 0 unspecified atom stereocenters. The van der Waals surface area contributed by atoms with Crippen molar-refractivity contribution in [2.24, 2.45) is 5.92 Å². The first-order valence-corrected chi connectivity index (χ1v) is 8.44. The number of hydrogen-bond donors (Lipinski definition) is 0. The van der Waals surface area contributed by atoms with Gasteiger partial charge in [-0.1, -0.05) is 13.3 Å². The lowest BCUT2D eigenvalue weighted by Crippen LogP contribution is -2.25. The Bertz CT molecular complexity index is 396. The van der Waals surface area contributed by atoms with E-state index in [9.17, 15) is 0 Å². The van der Waals surface area contributed by atoms with E-state index in [1.165, 1.54) is 50.8 Å². The zero-order valence-electron chi connectivity index (χ0n) is 13.9. The van der Waals surface area contributed by atoms with Crippen molar-refractivity contribution in [2.75, 3.05) is 27.3 Å². The number of ether oxygens (including phenoxy) is 1. The molecule has 1 aromatic rings. The normalized spacial score (nSPS) is 22.9. The van der Waals surface area contributed by atoms with E-state index in [1.54, 1.807) is 0 Å². The van der Waals surface area contributed by atoms with Gasteiger partial charge in [-0.05, 0) is 57.7 Å². The fourth-order valence-corrected chi connectivity index (χ4v) is 3.37. The highest BCUT2D eigenvalue weighted by Crippen LogP contribution is 2.32. The number of methoxy groups -OCH3 is 1. The van der Waals surface area contributed by atoms with E-state index in [0.717, 1.165) is 19.1 Å². The van der Waals surface area contributed by atoms with Gasteiger partial charge in [-0.25, -0.2) is 0 Å². The van der Waals surface area contributed by atoms with Crippen molar-refractivity contribution in [3.05, 3.63) is 18.0 Å². The molecule has 1 saturated carbocycles. The van der Waals surface area contributed by atoms with Gasteiger partial charge in [0.15, 0.2) is 0 Å². The van der Waals surface area contributed by atoms with Gasteiger partial charge in [0.1, 0.15) is 0 Å². The molecule has 0 amide bonds. The summed E-state index contributed by atoms with van der Waals surface area (Å²) in [5, 5.41) is 4.60. The Kier molecular flexibility index (Phi) is 6.71. The molecule has 4 nitrogen and oxygen atoms in total. The van der Waals surface area contributed by atoms with Gasteiger partial charge in [0.05, 0.1) is 11.7 Å². The van der Waals surface area contributed by atoms with Crippen LogP contribution in [0.3, 0.4) is 0 Å². The van der Waals surface area contributed by atoms with Gasteiger partial charge in [0, 0.05) is 26.5 Å². The van der Waals surface area contributed by atoms with Crippen LogP contribution in [0.2, 0.25) is 0 Å². The molecule has 1 aliphatic rings. The van der Waals surface area contributed by atoms with E-state index < -0.39 is 0 Å². The highest BCUT2D eigenvalue weighted by Gasteiger charge is 2.24. The Balaban J connectivity index is 1.88. The van der Waals surface area contributed by atoms with Crippen molar-refractivity contribution in [2.45, 2.75) is 58.0 Å². The molecule has 1 aliphatic carbocycles. The summed E-state index contributed by atoms with van der Waals surface area (Å²) in [5.74, 6) is 0.748. The molecule has 1 heterocycles. The fraction of sp³-hybridized carbons (Fsp3) is 0.824. The molecule has 4 heteroatoms. The minimum atomic E-state index is 0.586. The Labute approximate surface area is 129 Å². The largest absolute Gasteiger partial charge is 0.384 e. The summed E-state index contributed by atoms with van der Waals surface area (Å²) in [6.07, 6.45) is 9.50. The van der Waals surface area contributed by atoms with Gasteiger partial charge < -0.3 is 9.64 Å². The summed E-state index contributed by atoms with van der Waals surface area (Å²) >= 11 is 0. The first-order chi connectivity index (χ1) is 10.2. The first-order valence-electron chi connectivity index (χ1n) is 8.44. The summed E-state index contributed by atoms with van der Waals surface area (Å²) in [4.78, 5) is 2.41. The van der Waals surface area contributed by atoms with Crippen molar-refractivity contribution in [3.8, 4) is 0 Å². The molecular weight excluding hydrogens is 262 g/mol. The van der Waals surface area contributed by atoms with E-state index in [0.29, 0.717) is 6.04 Å². The molecule has 1 aromatic heterocycles. The predicted octanol–water partition coefficient (Wildman–Crippen LogP) is 3.49. The second-order valence-electron chi connectivity index (χ2n) is 6.49. The van der Waals surface area contributed by atoms with Crippen LogP contribution in [0.15, 0.2) is 12.3 Å². The van der Waals surface area contributed by atoms with Gasteiger partial charge >= 0.3 is 0 Å². The maximum atomic E-state index is 5.29. The molecule has 0 N–H and O–H groups in total. The van der Waals surface area contributed by atoms with Crippen LogP contribution in [0.4, 0.5) is 0 Å². The number of hydrogen-bond acceptors (Lipinski definition) is 3. The molecule has 21 heavy (non-hydrogen) atoms. The molecule has 0 radical (unpaired) electrons. The average Bonchev–Trinajstić information content (AvgIpc) is 2.94. The zero-order chi connectivity index (χ0) is 15.1. The monoisotopic (exact) mass is 293 g/mol. The Morgan fingerprint density at radius 2 is 2.10 bits per heavy atom. The minimum Gasteiger partial charge on any atom is -0.384 e. The van der Waals surface area contributed by atoms with Crippen molar-refractivity contribution in [1.82, 2.24) is 14.7 Å². The lowest BCUT2D eigenvalue weighted by Gasteiger charge is -2.30. The van der Waals surface area contributed by atoms with Crippen molar-refractivity contribution in [1.29, 1.82) is 0 Å². The SMILES string of the molecule is CCCCN(C)Cc1ccnn1C1CCC(COC)CC1. The molecule has 0 spiro atoms. The smallest absolute Gasteiger partial charge is 0.0527 e. The maximum absolute atomic E-state index is 5.29. The fourth-order valence-electron chi connectivity index (χ4n) is 3.37. The first kappa shape index (κ1) is 16.5. The van der Waals surface area contributed by atoms with E-state index in [2.05, 4.69) is 34.7 Å². The van der Waals surface area contributed by atoms with E-state index in [1.807, 2.05) is 13.3 Å². The number of unbranched alkanes of at least 4 members (excludes halogenated alkanes) is 1. The second kappa shape index (κ2) is 8.54. The Morgan fingerprint density at radius 1 is 1.33 bits per heavy atom. The van der Waals surface area contributed by atoms with E-state index in [-0.39, 0.29) is 0 Å². The van der Waals surface area contributed by atoms with Crippen molar-refractivity contribution >= 4 is 0 Å². The molecule has 0 bridgehead atoms. The third-order valence-corrected chi connectivity index (χ3v) is 4.64. The molecule has 120 valence electrons. The van der Waals surface area contributed by atoms with Crippen LogP contribution in [-0.2, 0) is 11.3 Å². The molecule has 0 saturated heterocycles. The van der Waals surface area contributed by atoms with Crippen molar-refractivity contribution in [3.63, 3.8) is 0 Å². The molecule has 1 fully saturated rings. The van der Waals surface area contributed by atoms with Gasteiger partial charge in [0.2, 0.25) is 0 Å². The maximum Gasteiger partial charge on any atom is 0.0527 e. The van der Waals surface area contributed by atoms with Crippen LogP contribution in [0, 0.1) is 5.92 Å². The third-order valence-electron chi connectivity index (χ3n) is 4.64. The van der Waals surface area contributed by atoms with Gasteiger partial charge in [0.25, 0.3) is 0 Å². The summed E-state index contributed by atoms with van der Waals surface area (Å²) in [6.45, 7) is 5.34. The summed E-state index contributed by atoms with van der Waals surface area (Å²) < 4.78 is 7.58. The highest BCUT2D eigenvalue weighted by atomic mass is 16.5. The Morgan fingerprint density at radius 3 is 2.76 bits per heavy atom. The molecule has 0 aromatic carbocycles. The highest BCUT2D eigenvalue weighted by molar-refractivity contribution is 5.02. The van der Waals surface area contributed by atoms with E-state index >= 15 is 0 Å². The van der Waals surface area contributed by atoms with Gasteiger partial charge in [-0.3, -0.25) is 4.68 Å².